The van der Waals surface area contributed by atoms with Crippen molar-refractivity contribution in [3.05, 3.63) is 60.2 Å². The molecule has 5 heteroatoms. The quantitative estimate of drug-likeness (QED) is 0.592. The van der Waals surface area contributed by atoms with E-state index in [0.29, 0.717) is 22.4 Å². The lowest BCUT2D eigenvalue weighted by Crippen LogP contribution is -1.98. The van der Waals surface area contributed by atoms with Gasteiger partial charge in [-0.25, -0.2) is 14.8 Å². The fourth-order valence-corrected chi connectivity index (χ4v) is 2.59. The number of nitrogens with zero attached hydrogens (tertiary/aromatic N) is 2. The highest BCUT2D eigenvalue weighted by molar-refractivity contribution is 6.08. The number of fused-ring (bicyclic) bond motifs is 2. The number of aromatic amines is 1. The van der Waals surface area contributed by atoms with Gasteiger partial charge in [0.2, 0.25) is 0 Å². The van der Waals surface area contributed by atoms with Crippen LogP contribution in [0.4, 0.5) is 0 Å². The molecule has 2 aromatic heterocycles. The van der Waals surface area contributed by atoms with Gasteiger partial charge in [0.1, 0.15) is 11.1 Å². The Morgan fingerprint density at radius 2 is 1.55 bits per heavy atom. The van der Waals surface area contributed by atoms with E-state index in [-0.39, 0.29) is 5.56 Å². The first-order chi connectivity index (χ1) is 10.7. The lowest BCUT2D eigenvalue weighted by molar-refractivity contribution is 0.0699. The summed E-state index contributed by atoms with van der Waals surface area (Å²) in [5.74, 6) is -1.02. The van der Waals surface area contributed by atoms with Crippen LogP contribution in [0.2, 0.25) is 0 Å². The standard InChI is InChI=1S/C17H11N3O2/c21-17(22)13-14(10-6-2-1-3-7-10)20-16-15(13)18-11-8-4-5-9-12(11)19-16/h1-9H,(H,19,20)(H,21,22). The van der Waals surface area contributed by atoms with Gasteiger partial charge < -0.3 is 10.1 Å². The van der Waals surface area contributed by atoms with Gasteiger partial charge in [-0.15, -0.1) is 0 Å². The van der Waals surface area contributed by atoms with Crippen LogP contribution < -0.4 is 0 Å². The summed E-state index contributed by atoms with van der Waals surface area (Å²) in [6, 6.07) is 16.7. The molecule has 0 aliphatic heterocycles. The highest BCUT2D eigenvalue weighted by Crippen LogP contribution is 2.29. The molecule has 22 heavy (non-hydrogen) atoms. The number of H-pyrrole nitrogens is 1. The first-order valence-corrected chi connectivity index (χ1v) is 6.81. The SMILES string of the molecule is O=C(O)c1c(-c2ccccc2)[nH]c2nc3ccccc3nc12. The number of hydrogen-bond acceptors (Lipinski definition) is 3. The fraction of sp³-hybridized carbons (Fsp3) is 0. The maximum absolute atomic E-state index is 11.7. The van der Waals surface area contributed by atoms with Gasteiger partial charge in [0.15, 0.2) is 5.65 Å². The number of hydrogen-bond donors (Lipinski definition) is 2. The van der Waals surface area contributed by atoms with E-state index in [1.165, 1.54) is 0 Å². The van der Waals surface area contributed by atoms with Crippen molar-refractivity contribution in [3.8, 4) is 11.3 Å². The van der Waals surface area contributed by atoms with E-state index >= 15 is 0 Å². The summed E-state index contributed by atoms with van der Waals surface area (Å²) in [4.78, 5) is 23.8. The number of benzene rings is 2. The van der Waals surface area contributed by atoms with Crippen molar-refractivity contribution in [2.24, 2.45) is 0 Å². The average Bonchev–Trinajstić information content (AvgIpc) is 2.92. The van der Waals surface area contributed by atoms with Crippen LogP contribution in [0.15, 0.2) is 54.6 Å². The third-order valence-corrected chi connectivity index (χ3v) is 3.58. The van der Waals surface area contributed by atoms with Crippen molar-refractivity contribution in [2.75, 3.05) is 0 Å². The molecular formula is C17H11N3O2. The predicted molar refractivity (Wildman–Crippen MR) is 83.8 cm³/mol. The second kappa shape index (κ2) is 4.66. The van der Waals surface area contributed by atoms with Gasteiger partial charge >= 0.3 is 5.97 Å². The van der Waals surface area contributed by atoms with Gasteiger partial charge in [-0.2, -0.15) is 0 Å². The normalized spacial score (nSPS) is 11.1. The van der Waals surface area contributed by atoms with Crippen LogP contribution in [0.25, 0.3) is 33.5 Å². The van der Waals surface area contributed by atoms with Crippen molar-refractivity contribution in [3.63, 3.8) is 0 Å². The number of rotatable bonds is 2. The van der Waals surface area contributed by atoms with Crippen LogP contribution in [-0.2, 0) is 0 Å². The molecule has 0 saturated carbocycles. The number of carboxylic acid groups (broad SMARTS) is 1. The van der Waals surface area contributed by atoms with E-state index in [4.69, 9.17) is 0 Å². The molecule has 0 radical (unpaired) electrons. The molecule has 0 aliphatic rings. The molecule has 4 aromatic rings. The molecule has 106 valence electrons. The number of carboxylic acids is 1. The molecule has 0 bridgehead atoms. The number of aromatic carboxylic acids is 1. The summed E-state index contributed by atoms with van der Waals surface area (Å²) in [7, 11) is 0. The van der Waals surface area contributed by atoms with E-state index in [1.54, 1.807) is 0 Å². The number of para-hydroxylation sites is 2. The van der Waals surface area contributed by atoms with Crippen molar-refractivity contribution in [1.29, 1.82) is 0 Å². The Hall–Kier alpha value is -3.21. The van der Waals surface area contributed by atoms with Crippen LogP contribution in [0.1, 0.15) is 10.4 Å². The Bertz CT molecular complexity index is 1010. The lowest BCUT2D eigenvalue weighted by atomic mass is 10.1. The molecule has 0 unspecified atom stereocenters. The summed E-state index contributed by atoms with van der Waals surface area (Å²) in [6.07, 6.45) is 0. The zero-order chi connectivity index (χ0) is 15.1. The Labute approximate surface area is 125 Å². The molecule has 0 amide bonds. The molecule has 2 N–H and O–H groups in total. The van der Waals surface area contributed by atoms with E-state index in [0.717, 1.165) is 11.1 Å². The lowest BCUT2D eigenvalue weighted by Gasteiger charge is -1.99. The molecule has 0 atom stereocenters. The summed E-state index contributed by atoms with van der Waals surface area (Å²) in [6.45, 7) is 0. The van der Waals surface area contributed by atoms with Crippen LogP contribution >= 0.6 is 0 Å². The Morgan fingerprint density at radius 3 is 2.23 bits per heavy atom. The maximum Gasteiger partial charge on any atom is 0.340 e. The van der Waals surface area contributed by atoms with Crippen molar-refractivity contribution >= 4 is 28.2 Å². The third-order valence-electron chi connectivity index (χ3n) is 3.58. The van der Waals surface area contributed by atoms with Crippen LogP contribution in [0.3, 0.4) is 0 Å². The van der Waals surface area contributed by atoms with Crippen LogP contribution in [-0.4, -0.2) is 26.0 Å². The minimum Gasteiger partial charge on any atom is -0.478 e. The van der Waals surface area contributed by atoms with E-state index in [9.17, 15) is 9.90 Å². The highest BCUT2D eigenvalue weighted by Gasteiger charge is 2.21. The van der Waals surface area contributed by atoms with Gasteiger partial charge in [-0.1, -0.05) is 42.5 Å². The smallest absolute Gasteiger partial charge is 0.340 e. The molecule has 0 fully saturated rings. The Kier molecular flexibility index (Phi) is 2.66. The second-order valence-corrected chi connectivity index (χ2v) is 4.96. The molecule has 2 aromatic carbocycles. The van der Waals surface area contributed by atoms with Crippen LogP contribution in [0, 0.1) is 0 Å². The molecule has 5 nitrogen and oxygen atoms in total. The average molecular weight is 289 g/mol. The van der Waals surface area contributed by atoms with E-state index < -0.39 is 5.97 Å². The van der Waals surface area contributed by atoms with Gasteiger partial charge in [0, 0.05) is 0 Å². The zero-order valence-corrected chi connectivity index (χ0v) is 11.4. The minimum absolute atomic E-state index is 0.152. The van der Waals surface area contributed by atoms with E-state index in [2.05, 4.69) is 15.0 Å². The van der Waals surface area contributed by atoms with E-state index in [1.807, 2.05) is 54.6 Å². The summed E-state index contributed by atoms with van der Waals surface area (Å²) in [5, 5.41) is 9.60. The van der Waals surface area contributed by atoms with Gasteiger partial charge in [0.05, 0.1) is 16.7 Å². The Balaban J connectivity index is 2.11. The molecule has 4 rings (SSSR count). The number of aromatic nitrogens is 3. The summed E-state index contributed by atoms with van der Waals surface area (Å²) < 4.78 is 0. The number of carbonyl (C=O) groups is 1. The zero-order valence-electron chi connectivity index (χ0n) is 11.4. The molecular weight excluding hydrogens is 278 g/mol. The Morgan fingerprint density at radius 1 is 0.909 bits per heavy atom. The third kappa shape index (κ3) is 1.83. The summed E-state index contributed by atoms with van der Waals surface area (Å²) >= 11 is 0. The molecule has 0 saturated heterocycles. The second-order valence-electron chi connectivity index (χ2n) is 4.96. The largest absolute Gasteiger partial charge is 0.478 e. The topological polar surface area (TPSA) is 78.9 Å². The first kappa shape index (κ1) is 12.5. The van der Waals surface area contributed by atoms with Crippen LogP contribution in [0.5, 0.6) is 0 Å². The van der Waals surface area contributed by atoms with Gasteiger partial charge in [-0.05, 0) is 17.7 Å². The van der Waals surface area contributed by atoms with Gasteiger partial charge in [-0.3, -0.25) is 0 Å². The monoisotopic (exact) mass is 289 g/mol. The van der Waals surface area contributed by atoms with Gasteiger partial charge in [0.25, 0.3) is 0 Å². The van der Waals surface area contributed by atoms with Crippen molar-refractivity contribution in [2.45, 2.75) is 0 Å². The van der Waals surface area contributed by atoms with Crippen molar-refractivity contribution in [1.82, 2.24) is 15.0 Å². The predicted octanol–water partition coefficient (Wildman–Crippen LogP) is 3.48. The molecule has 0 spiro atoms. The fourth-order valence-electron chi connectivity index (χ4n) is 2.59. The summed E-state index contributed by atoms with van der Waals surface area (Å²) in [5.41, 5.74) is 3.74. The maximum atomic E-state index is 11.7. The minimum atomic E-state index is -1.02. The molecule has 2 heterocycles. The first-order valence-electron chi connectivity index (χ1n) is 6.81. The number of nitrogens with one attached hydrogen (secondary N) is 1. The van der Waals surface area contributed by atoms with Crippen molar-refractivity contribution < 1.29 is 9.90 Å². The molecule has 0 aliphatic carbocycles. The highest BCUT2D eigenvalue weighted by atomic mass is 16.4.